The van der Waals surface area contributed by atoms with E-state index in [0.717, 1.165) is 5.57 Å². The van der Waals surface area contributed by atoms with E-state index in [1.54, 1.807) is 6.20 Å². The van der Waals surface area contributed by atoms with Gasteiger partial charge in [0.2, 0.25) is 5.95 Å². The van der Waals surface area contributed by atoms with E-state index in [9.17, 15) is 9.36 Å². The maximum atomic E-state index is 11.6. The molecule has 0 aromatic carbocycles. The van der Waals surface area contributed by atoms with Gasteiger partial charge in [0.15, 0.2) is 11.2 Å². The van der Waals surface area contributed by atoms with Gasteiger partial charge < -0.3 is 15.5 Å². The molecule has 0 bridgehead atoms. The van der Waals surface area contributed by atoms with Crippen molar-refractivity contribution in [3.8, 4) is 0 Å². The first kappa shape index (κ1) is 13.0. The van der Waals surface area contributed by atoms with Crippen LogP contribution >= 0.6 is 7.60 Å². The summed E-state index contributed by atoms with van der Waals surface area (Å²) in [4.78, 5) is 39.7. The van der Waals surface area contributed by atoms with E-state index in [4.69, 9.17) is 15.5 Å². The average molecular weight is 297 g/mol. The molecule has 1 aliphatic carbocycles. The van der Waals surface area contributed by atoms with Crippen LogP contribution in [-0.2, 0) is 4.57 Å². The highest BCUT2D eigenvalue weighted by Gasteiger charge is 2.35. The largest absolute Gasteiger partial charge is 0.369 e. The van der Waals surface area contributed by atoms with E-state index in [1.165, 1.54) is 10.9 Å². The molecule has 2 heterocycles. The van der Waals surface area contributed by atoms with Gasteiger partial charge in [-0.1, -0.05) is 0 Å². The number of H-pyrrole nitrogens is 1. The van der Waals surface area contributed by atoms with Crippen molar-refractivity contribution in [3.63, 3.8) is 0 Å². The number of nitrogens with zero attached hydrogens (tertiary/aromatic N) is 3. The predicted molar refractivity (Wildman–Crippen MR) is 71.9 cm³/mol. The molecule has 1 fully saturated rings. The molecule has 1 atom stereocenters. The van der Waals surface area contributed by atoms with Gasteiger partial charge in [0, 0.05) is 6.20 Å². The van der Waals surface area contributed by atoms with Gasteiger partial charge in [0.05, 0.1) is 6.16 Å². The molecule has 2 aromatic rings. The molecule has 0 amide bonds. The lowest BCUT2D eigenvalue weighted by Gasteiger charge is -1.99. The van der Waals surface area contributed by atoms with Gasteiger partial charge >= 0.3 is 7.60 Å². The van der Waals surface area contributed by atoms with E-state index in [1.807, 2.05) is 0 Å². The van der Waals surface area contributed by atoms with Crippen molar-refractivity contribution in [2.45, 2.75) is 6.42 Å². The normalized spacial score (nSPS) is 20.7. The molecule has 0 saturated heterocycles. The Kier molecular flexibility index (Phi) is 2.79. The molecular formula is C10H12N5O4P. The Balaban J connectivity index is 1.94. The van der Waals surface area contributed by atoms with Crippen LogP contribution in [0.2, 0.25) is 0 Å². The van der Waals surface area contributed by atoms with E-state index in [0.29, 0.717) is 12.1 Å². The van der Waals surface area contributed by atoms with Crippen molar-refractivity contribution in [1.82, 2.24) is 19.5 Å². The van der Waals surface area contributed by atoms with Crippen molar-refractivity contribution in [2.75, 3.05) is 11.9 Å². The third-order valence-corrected chi connectivity index (χ3v) is 3.98. The van der Waals surface area contributed by atoms with Crippen LogP contribution in [0.4, 0.5) is 5.95 Å². The van der Waals surface area contributed by atoms with E-state index in [-0.39, 0.29) is 23.5 Å². The summed E-state index contributed by atoms with van der Waals surface area (Å²) in [6.45, 7) is 0. The van der Waals surface area contributed by atoms with Gasteiger partial charge in [-0.3, -0.25) is 18.9 Å². The number of fused-ring (bicyclic) bond motifs is 1. The van der Waals surface area contributed by atoms with Gasteiger partial charge in [0.25, 0.3) is 5.56 Å². The summed E-state index contributed by atoms with van der Waals surface area (Å²) in [6.07, 6.45) is 3.55. The molecule has 1 unspecified atom stereocenters. The van der Waals surface area contributed by atoms with Crippen LogP contribution in [0.25, 0.3) is 17.4 Å². The minimum atomic E-state index is -4.01. The number of rotatable bonds is 3. The zero-order valence-corrected chi connectivity index (χ0v) is 11.1. The molecule has 0 spiro atoms. The number of aromatic amines is 1. The van der Waals surface area contributed by atoms with Crippen LogP contribution in [0, 0.1) is 5.92 Å². The second kappa shape index (κ2) is 4.27. The summed E-state index contributed by atoms with van der Waals surface area (Å²) in [7, 11) is -4.01. The lowest BCUT2D eigenvalue weighted by Crippen LogP contribution is -2.11. The van der Waals surface area contributed by atoms with Gasteiger partial charge in [0.1, 0.15) is 6.33 Å². The zero-order valence-electron chi connectivity index (χ0n) is 10.2. The second-order valence-electron chi connectivity index (χ2n) is 4.73. The lowest BCUT2D eigenvalue weighted by molar-refractivity contribution is 0.371. The van der Waals surface area contributed by atoms with Crippen molar-refractivity contribution >= 4 is 30.9 Å². The molecule has 3 rings (SSSR count). The van der Waals surface area contributed by atoms with Gasteiger partial charge in [-0.2, -0.15) is 4.98 Å². The monoisotopic (exact) mass is 297 g/mol. The fourth-order valence-electron chi connectivity index (χ4n) is 2.07. The highest BCUT2D eigenvalue weighted by Crippen LogP contribution is 2.49. The van der Waals surface area contributed by atoms with Crippen LogP contribution < -0.4 is 11.3 Å². The van der Waals surface area contributed by atoms with Gasteiger partial charge in [-0.05, 0) is 17.9 Å². The van der Waals surface area contributed by atoms with E-state index < -0.39 is 13.2 Å². The van der Waals surface area contributed by atoms with E-state index >= 15 is 0 Å². The van der Waals surface area contributed by atoms with Crippen molar-refractivity contribution in [3.05, 3.63) is 22.3 Å². The molecule has 10 heteroatoms. The SMILES string of the molecule is Nc1nc2c(ncn2/C=C2/CC2CP(=O)(O)O)c(=O)[nH]1. The Morgan fingerprint density at radius 1 is 1.60 bits per heavy atom. The number of allylic oxidation sites excluding steroid dienone is 1. The Labute approximate surface area is 112 Å². The Morgan fingerprint density at radius 3 is 3.05 bits per heavy atom. The molecule has 5 N–H and O–H groups in total. The van der Waals surface area contributed by atoms with Crippen LogP contribution in [0.15, 0.2) is 16.7 Å². The van der Waals surface area contributed by atoms with Crippen LogP contribution in [0.1, 0.15) is 6.42 Å². The summed E-state index contributed by atoms with van der Waals surface area (Å²) in [6, 6.07) is 0. The summed E-state index contributed by atoms with van der Waals surface area (Å²) in [5.74, 6) is -0.141. The number of aromatic nitrogens is 4. The second-order valence-corrected chi connectivity index (χ2v) is 6.42. The smallest absolute Gasteiger partial charge is 0.326 e. The summed E-state index contributed by atoms with van der Waals surface area (Å²) in [5.41, 5.74) is 6.43. The van der Waals surface area contributed by atoms with Gasteiger partial charge in [-0.15, -0.1) is 0 Å². The fourth-order valence-corrected chi connectivity index (χ4v) is 3.01. The van der Waals surface area contributed by atoms with Crippen LogP contribution in [0.3, 0.4) is 0 Å². The highest BCUT2D eigenvalue weighted by atomic mass is 31.2. The van der Waals surface area contributed by atoms with Gasteiger partial charge in [-0.25, -0.2) is 4.98 Å². The molecule has 0 radical (unpaired) electrons. The number of nitrogens with one attached hydrogen (secondary N) is 1. The zero-order chi connectivity index (χ0) is 14.5. The topological polar surface area (TPSA) is 147 Å². The number of nitrogen functional groups attached to an aromatic ring is 1. The number of hydrogen-bond donors (Lipinski definition) is 4. The average Bonchev–Trinajstić information content (AvgIpc) is 2.85. The first-order valence-electron chi connectivity index (χ1n) is 5.81. The molecular weight excluding hydrogens is 285 g/mol. The third-order valence-electron chi connectivity index (χ3n) is 3.06. The minimum absolute atomic E-state index is 0.00906. The number of imidazole rings is 1. The van der Waals surface area contributed by atoms with Crippen LogP contribution in [-0.4, -0.2) is 35.5 Å². The Morgan fingerprint density at radius 2 is 2.35 bits per heavy atom. The Bertz CT molecular complexity index is 817. The Hall–Kier alpha value is -1.96. The third kappa shape index (κ3) is 2.51. The van der Waals surface area contributed by atoms with Crippen LogP contribution in [0.5, 0.6) is 0 Å². The molecule has 1 saturated carbocycles. The van der Waals surface area contributed by atoms with E-state index in [2.05, 4.69) is 15.0 Å². The molecule has 9 nitrogen and oxygen atoms in total. The quantitative estimate of drug-likeness (QED) is 0.570. The molecule has 0 aliphatic heterocycles. The number of nitrogens with two attached hydrogens (primary N) is 1. The first-order valence-corrected chi connectivity index (χ1v) is 7.61. The van der Waals surface area contributed by atoms with Crippen molar-refractivity contribution in [2.24, 2.45) is 5.92 Å². The molecule has 106 valence electrons. The standard InChI is InChI=1S/C10H12N5O4P/c11-10-13-8-7(9(16)14-10)12-4-15(8)2-5-1-6(5)3-20(17,18)19/h2,4,6H,1,3H2,(H2,17,18,19)(H3,11,13,14,16)/b5-2-. The highest BCUT2D eigenvalue weighted by molar-refractivity contribution is 7.51. The molecule has 2 aromatic heterocycles. The summed E-state index contributed by atoms with van der Waals surface area (Å²) in [5, 5.41) is 0. The fraction of sp³-hybridized carbons (Fsp3) is 0.300. The lowest BCUT2D eigenvalue weighted by atomic mass is 10.4. The maximum Gasteiger partial charge on any atom is 0.326 e. The number of hydrogen-bond acceptors (Lipinski definition) is 5. The van der Waals surface area contributed by atoms with Crippen molar-refractivity contribution in [1.29, 1.82) is 0 Å². The molecule has 1 aliphatic rings. The van der Waals surface area contributed by atoms with Crippen molar-refractivity contribution < 1.29 is 14.4 Å². The summed E-state index contributed by atoms with van der Waals surface area (Å²) < 4.78 is 12.4. The number of anilines is 1. The predicted octanol–water partition coefficient (Wildman–Crippen LogP) is -0.260. The first-order chi connectivity index (χ1) is 9.33. The summed E-state index contributed by atoms with van der Waals surface area (Å²) >= 11 is 0. The molecule has 20 heavy (non-hydrogen) atoms. The minimum Gasteiger partial charge on any atom is -0.369 e. The maximum absolute atomic E-state index is 11.6.